The minimum Gasteiger partial charge on any atom is -0.486 e. The van der Waals surface area contributed by atoms with Gasteiger partial charge in [-0.3, -0.25) is 4.79 Å². The third-order valence-corrected chi connectivity index (χ3v) is 6.40. The van der Waals surface area contributed by atoms with E-state index in [0.717, 1.165) is 52.3 Å². The molecule has 1 atom stereocenters. The maximum Gasteiger partial charge on any atom is 0.247 e. The number of aromatic nitrogens is 2. The third-order valence-electron chi connectivity index (χ3n) is 6.40. The van der Waals surface area contributed by atoms with Gasteiger partial charge in [-0.15, -0.1) is 0 Å². The number of nitrogens with zero attached hydrogens (tertiary/aromatic N) is 2. The van der Waals surface area contributed by atoms with E-state index in [2.05, 4.69) is 16.8 Å². The summed E-state index contributed by atoms with van der Waals surface area (Å²) >= 11 is 0. The molecule has 5 heteroatoms. The van der Waals surface area contributed by atoms with Crippen molar-refractivity contribution in [1.82, 2.24) is 9.55 Å². The number of imidazole rings is 1. The fourth-order valence-corrected chi connectivity index (χ4v) is 4.45. The maximum absolute atomic E-state index is 13.7. The molecule has 3 aromatic carbocycles. The average molecular weight is 440 g/mol. The van der Waals surface area contributed by atoms with Crippen LogP contribution in [0.4, 0.5) is 5.69 Å². The van der Waals surface area contributed by atoms with Crippen LogP contribution in [0.15, 0.2) is 66.7 Å². The summed E-state index contributed by atoms with van der Waals surface area (Å²) in [6, 6.07) is 21.8. The van der Waals surface area contributed by atoms with Crippen LogP contribution in [-0.2, 0) is 11.4 Å². The minimum atomic E-state index is -0.326. The largest absolute Gasteiger partial charge is 0.486 e. The number of para-hydroxylation sites is 3. The van der Waals surface area contributed by atoms with Crippen molar-refractivity contribution in [3.05, 3.63) is 89.2 Å². The topological polar surface area (TPSA) is 56.2 Å². The first-order chi connectivity index (χ1) is 16.0. The van der Waals surface area contributed by atoms with Crippen molar-refractivity contribution >= 4 is 22.6 Å². The van der Waals surface area contributed by atoms with Gasteiger partial charge in [-0.1, -0.05) is 48.0 Å². The third kappa shape index (κ3) is 4.36. The summed E-state index contributed by atoms with van der Waals surface area (Å²) in [5.74, 6) is 1.87. The molecule has 1 aliphatic rings. The molecule has 1 saturated carbocycles. The molecule has 1 aromatic heterocycles. The molecule has 1 heterocycles. The van der Waals surface area contributed by atoms with Gasteiger partial charge in [0.1, 0.15) is 24.2 Å². The van der Waals surface area contributed by atoms with Gasteiger partial charge < -0.3 is 14.6 Å². The zero-order chi connectivity index (χ0) is 22.9. The second-order valence-corrected chi connectivity index (χ2v) is 9.03. The summed E-state index contributed by atoms with van der Waals surface area (Å²) in [6.07, 6.45) is 2.07. The molecule has 168 valence electrons. The van der Waals surface area contributed by atoms with E-state index >= 15 is 0 Å². The highest BCUT2D eigenvalue weighted by atomic mass is 16.5. The fraction of sp³-hybridized carbons (Fsp3) is 0.286. The summed E-state index contributed by atoms with van der Waals surface area (Å²) in [5, 5.41) is 3.23. The van der Waals surface area contributed by atoms with Gasteiger partial charge in [-0.2, -0.15) is 0 Å². The molecule has 33 heavy (non-hydrogen) atoms. The monoisotopic (exact) mass is 439 g/mol. The van der Waals surface area contributed by atoms with E-state index in [-0.39, 0.29) is 11.9 Å². The van der Waals surface area contributed by atoms with Gasteiger partial charge in [0.15, 0.2) is 0 Å². The Balaban J connectivity index is 1.51. The highest BCUT2D eigenvalue weighted by Crippen LogP contribution is 2.42. The smallest absolute Gasteiger partial charge is 0.247 e. The van der Waals surface area contributed by atoms with E-state index in [1.165, 1.54) is 5.56 Å². The van der Waals surface area contributed by atoms with Crippen molar-refractivity contribution in [3.8, 4) is 5.75 Å². The predicted octanol–water partition coefficient (Wildman–Crippen LogP) is 6.13. The summed E-state index contributed by atoms with van der Waals surface area (Å²) in [4.78, 5) is 18.6. The van der Waals surface area contributed by atoms with E-state index in [1.807, 2.05) is 80.6 Å². The van der Waals surface area contributed by atoms with Crippen LogP contribution in [0.25, 0.3) is 11.0 Å². The number of anilines is 1. The standard InChI is InChI=1S/C28H29N3O2/c1-18-11-15-22(16-12-18)33-17-25-29-23-9-4-5-10-24(23)31(25)27(21-13-14-21)28(32)30-26-19(2)7-6-8-20(26)3/h4-12,15-16,21,27H,13-14,17H2,1-3H3,(H,30,32). The molecule has 0 aliphatic heterocycles. The number of ether oxygens (including phenoxy) is 1. The molecule has 1 fully saturated rings. The molecule has 1 N–H and O–H groups in total. The first kappa shape index (κ1) is 21.3. The number of benzene rings is 3. The molecule has 0 radical (unpaired) electrons. The molecular formula is C28H29N3O2. The zero-order valence-electron chi connectivity index (χ0n) is 19.3. The summed E-state index contributed by atoms with van der Waals surface area (Å²) in [7, 11) is 0. The number of hydrogen-bond donors (Lipinski definition) is 1. The summed E-state index contributed by atoms with van der Waals surface area (Å²) < 4.78 is 8.19. The van der Waals surface area contributed by atoms with Crippen LogP contribution in [-0.4, -0.2) is 15.5 Å². The lowest BCUT2D eigenvalue weighted by Crippen LogP contribution is -2.29. The van der Waals surface area contributed by atoms with Crippen LogP contribution >= 0.6 is 0 Å². The highest BCUT2D eigenvalue weighted by molar-refractivity contribution is 5.96. The van der Waals surface area contributed by atoms with Gasteiger partial charge in [-0.05, 0) is 74.9 Å². The number of carbonyl (C=O) groups excluding carboxylic acids is 1. The van der Waals surface area contributed by atoms with E-state index in [1.54, 1.807) is 0 Å². The number of rotatable bonds is 7. The van der Waals surface area contributed by atoms with Crippen molar-refractivity contribution in [2.75, 3.05) is 5.32 Å². The average Bonchev–Trinajstić information content (AvgIpc) is 3.58. The Hall–Kier alpha value is -3.60. The van der Waals surface area contributed by atoms with Crippen molar-refractivity contribution in [2.45, 2.75) is 46.3 Å². The van der Waals surface area contributed by atoms with Crippen molar-refractivity contribution in [2.24, 2.45) is 5.92 Å². The Morgan fingerprint density at radius 3 is 2.39 bits per heavy atom. The molecule has 1 aliphatic carbocycles. The van der Waals surface area contributed by atoms with Crippen molar-refractivity contribution in [3.63, 3.8) is 0 Å². The molecule has 0 bridgehead atoms. The Labute approximate surface area is 194 Å². The lowest BCUT2D eigenvalue weighted by molar-refractivity contribution is -0.119. The molecule has 5 nitrogen and oxygen atoms in total. The van der Waals surface area contributed by atoms with Crippen molar-refractivity contribution < 1.29 is 9.53 Å². The zero-order valence-corrected chi connectivity index (χ0v) is 19.3. The molecule has 5 rings (SSSR count). The minimum absolute atomic E-state index is 0.00892. The van der Waals surface area contributed by atoms with Crippen LogP contribution in [0.2, 0.25) is 0 Å². The highest BCUT2D eigenvalue weighted by Gasteiger charge is 2.39. The van der Waals surface area contributed by atoms with E-state index in [0.29, 0.717) is 12.5 Å². The Bertz CT molecular complexity index is 1280. The normalized spacial score (nSPS) is 14.3. The second-order valence-electron chi connectivity index (χ2n) is 9.03. The lowest BCUT2D eigenvalue weighted by Gasteiger charge is -2.22. The van der Waals surface area contributed by atoms with Crippen LogP contribution in [0.3, 0.4) is 0 Å². The van der Waals surface area contributed by atoms with E-state index < -0.39 is 0 Å². The lowest BCUT2D eigenvalue weighted by atomic mass is 10.1. The number of hydrogen-bond acceptors (Lipinski definition) is 3. The SMILES string of the molecule is Cc1ccc(OCc2nc3ccccc3n2C(C(=O)Nc2c(C)cccc2C)C2CC2)cc1. The second kappa shape index (κ2) is 8.74. The Morgan fingerprint density at radius 2 is 1.70 bits per heavy atom. The molecule has 0 spiro atoms. The van der Waals surface area contributed by atoms with Gasteiger partial charge in [-0.25, -0.2) is 4.98 Å². The maximum atomic E-state index is 13.7. The van der Waals surface area contributed by atoms with Crippen molar-refractivity contribution in [1.29, 1.82) is 0 Å². The molecule has 1 unspecified atom stereocenters. The van der Waals surface area contributed by atoms with Gasteiger partial charge in [0.25, 0.3) is 0 Å². The van der Waals surface area contributed by atoms with Crippen LogP contribution in [0.5, 0.6) is 5.75 Å². The van der Waals surface area contributed by atoms with Crippen LogP contribution < -0.4 is 10.1 Å². The molecular weight excluding hydrogens is 410 g/mol. The summed E-state index contributed by atoms with van der Waals surface area (Å²) in [6.45, 7) is 6.42. The number of carbonyl (C=O) groups is 1. The first-order valence-electron chi connectivity index (χ1n) is 11.5. The van der Waals surface area contributed by atoms with Gasteiger partial charge in [0, 0.05) is 5.69 Å². The molecule has 1 amide bonds. The molecule has 4 aromatic rings. The Morgan fingerprint density at radius 1 is 1.00 bits per heavy atom. The van der Waals surface area contributed by atoms with E-state index in [4.69, 9.17) is 9.72 Å². The van der Waals surface area contributed by atoms with Crippen LogP contribution in [0, 0.1) is 26.7 Å². The molecule has 0 saturated heterocycles. The van der Waals surface area contributed by atoms with Gasteiger partial charge >= 0.3 is 0 Å². The Kier molecular flexibility index (Phi) is 5.63. The fourth-order valence-electron chi connectivity index (χ4n) is 4.45. The number of nitrogens with one attached hydrogen (secondary N) is 1. The van der Waals surface area contributed by atoms with Gasteiger partial charge in [0.2, 0.25) is 5.91 Å². The predicted molar refractivity (Wildman–Crippen MR) is 132 cm³/mol. The van der Waals surface area contributed by atoms with Crippen LogP contribution in [0.1, 0.15) is 41.4 Å². The summed E-state index contributed by atoms with van der Waals surface area (Å²) in [5.41, 5.74) is 6.06. The quantitative estimate of drug-likeness (QED) is 0.377. The van der Waals surface area contributed by atoms with Gasteiger partial charge in [0.05, 0.1) is 11.0 Å². The number of fused-ring (bicyclic) bond motifs is 1. The van der Waals surface area contributed by atoms with E-state index in [9.17, 15) is 4.79 Å². The number of aryl methyl sites for hydroxylation is 3. The first-order valence-corrected chi connectivity index (χ1v) is 11.5. The number of amides is 1.